The quantitative estimate of drug-likeness (QED) is 0.101. The molecule has 436 valence electrons. The number of Topliss-reactive ketones (excluding diaryl/α,β-unsaturated/α-hetero) is 2. The second-order valence-electron chi connectivity index (χ2n) is 29.2. The van der Waals surface area contributed by atoms with E-state index >= 15 is 0 Å². The van der Waals surface area contributed by atoms with Crippen LogP contribution in [0.15, 0.2) is 0 Å². The molecule has 0 radical (unpaired) electrons. The van der Waals surface area contributed by atoms with Crippen LogP contribution in [0, 0.1) is 69.0 Å². The van der Waals surface area contributed by atoms with Gasteiger partial charge in [-0.05, 0) is 291 Å². The molecule has 0 saturated heterocycles. The van der Waals surface area contributed by atoms with Crippen LogP contribution in [0.5, 0.6) is 0 Å². The molecule has 6 nitrogen and oxygen atoms in total. The standard InChI is InChI=1S/C36H62O3.C34H58O3/c1-3-5-7-25-38-32-13-9-28(10-14-32)30-17-21-35(22-18-30)27-36(34(35)37)23-19-31(20-24-36)29-11-15-33(16-12-29)39-26-8-6-4-2;1-3-5-23-36-30-11-7-26(8-12-30)28-15-19-33(20-16-28)25-34(32(33)35)21-17-29(18-22-34)27-9-13-31(14-10-27)37-24-6-4-2/h28-33H,3-27H2,1-2H3;26-31H,3-25H2,1-2H3/t;26-,27?,28-,29-,30-,31?,33-,34-. The van der Waals surface area contributed by atoms with E-state index in [0.717, 1.165) is 85.3 Å². The zero-order valence-electron chi connectivity index (χ0n) is 50.3. The minimum absolute atomic E-state index is 0.0934. The third-order valence-corrected chi connectivity index (χ3v) is 24.7. The molecule has 0 unspecified atom stereocenters. The van der Waals surface area contributed by atoms with Crippen molar-refractivity contribution in [2.45, 2.75) is 335 Å². The zero-order valence-corrected chi connectivity index (χ0v) is 50.3. The number of carbonyl (C=O) groups is 2. The van der Waals surface area contributed by atoms with E-state index in [2.05, 4.69) is 27.7 Å². The van der Waals surface area contributed by atoms with Crippen LogP contribution in [0.4, 0.5) is 0 Å². The third kappa shape index (κ3) is 14.7. The van der Waals surface area contributed by atoms with E-state index in [1.165, 1.54) is 283 Å². The highest BCUT2D eigenvalue weighted by molar-refractivity contribution is 5.97. The fourth-order valence-electron chi connectivity index (χ4n) is 19.7. The van der Waals surface area contributed by atoms with E-state index in [0.29, 0.717) is 24.4 Å². The van der Waals surface area contributed by atoms with Crippen molar-refractivity contribution in [2.24, 2.45) is 69.0 Å². The molecule has 10 rings (SSSR count). The lowest BCUT2D eigenvalue weighted by Gasteiger charge is -2.60. The van der Waals surface area contributed by atoms with Crippen LogP contribution in [0.25, 0.3) is 0 Å². The molecule has 0 atom stereocenters. The maximum atomic E-state index is 13.8. The molecule has 0 bridgehead atoms. The molecule has 10 aliphatic carbocycles. The van der Waals surface area contributed by atoms with Crippen LogP contribution in [0.3, 0.4) is 0 Å². The summed E-state index contributed by atoms with van der Waals surface area (Å²) >= 11 is 0. The Kier molecular flexibility index (Phi) is 22.8. The lowest BCUT2D eigenvalue weighted by atomic mass is 9.42. The van der Waals surface area contributed by atoms with Gasteiger partial charge in [-0.25, -0.2) is 0 Å². The summed E-state index contributed by atoms with van der Waals surface area (Å²) in [6.45, 7) is 12.9. The van der Waals surface area contributed by atoms with Crippen molar-refractivity contribution < 1.29 is 28.5 Å². The molecule has 10 saturated carbocycles. The maximum Gasteiger partial charge on any atom is 0.145 e. The van der Waals surface area contributed by atoms with Crippen molar-refractivity contribution in [1.82, 2.24) is 0 Å². The van der Waals surface area contributed by atoms with Crippen molar-refractivity contribution in [3.05, 3.63) is 0 Å². The van der Waals surface area contributed by atoms with Crippen LogP contribution >= 0.6 is 0 Å². The average molecular weight is 1060 g/mol. The Morgan fingerprint density at radius 1 is 0.276 bits per heavy atom. The molecule has 0 aromatic heterocycles. The number of ketones is 2. The van der Waals surface area contributed by atoms with E-state index in [-0.39, 0.29) is 21.7 Å². The SMILES string of the molecule is CCCCCOC1CCC(C2CCC3(CC2)CC2(CCC(C4CCC(OCCCCC)CC4)CC2)C3=O)CC1.CCCCOC1CCC([C@H]2CC[C@]3(CC2)C[C@@]2(CC[C@H]([C@H]4CC[C@H](OCCCC)CC4)CC2)C3=O)CC1. The van der Waals surface area contributed by atoms with Gasteiger partial charge in [0.05, 0.1) is 24.4 Å². The Morgan fingerprint density at radius 2 is 0.474 bits per heavy atom. The summed E-state index contributed by atoms with van der Waals surface area (Å²) in [5, 5.41) is 0. The molecular formula is C70H120O6. The van der Waals surface area contributed by atoms with Crippen LogP contribution in [0.1, 0.15) is 310 Å². The van der Waals surface area contributed by atoms with Gasteiger partial charge < -0.3 is 18.9 Å². The number of rotatable bonds is 22. The van der Waals surface area contributed by atoms with Crippen LogP contribution in [0.2, 0.25) is 0 Å². The number of carbonyl (C=O) groups excluding carboxylic acids is 2. The smallest absolute Gasteiger partial charge is 0.145 e. The Hall–Kier alpha value is -0.820. The molecule has 0 heterocycles. The predicted molar refractivity (Wildman–Crippen MR) is 312 cm³/mol. The largest absolute Gasteiger partial charge is 0.378 e. The Bertz CT molecular complexity index is 1560. The highest BCUT2D eigenvalue weighted by atomic mass is 16.5. The Balaban J connectivity index is 0.000000186. The van der Waals surface area contributed by atoms with E-state index in [1.807, 2.05) is 0 Å². The summed E-state index contributed by atoms with van der Waals surface area (Å²) < 4.78 is 24.6. The first kappa shape index (κ1) is 59.8. The lowest BCUT2D eigenvalue weighted by Crippen LogP contribution is -2.60. The highest BCUT2D eigenvalue weighted by Crippen LogP contribution is 2.67. The number of ether oxygens (including phenoxy) is 4. The second kappa shape index (κ2) is 28.9. The van der Waals surface area contributed by atoms with Crippen LogP contribution in [-0.4, -0.2) is 62.4 Å². The van der Waals surface area contributed by atoms with Crippen molar-refractivity contribution in [1.29, 1.82) is 0 Å². The summed E-state index contributed by atoms with van der Waals surface area (Å²) in [6.07, 6.45) is 58.3. The summed E-state index contributed by atoms with van der Waals surface area (Å²) in [6, 6.07) is 0. The maximum absolute atomic E-state index is 13.8. The fraction of sp³-hybridized carbons (Fsp3) is 0.971. The first-order valence-corrected chi connectivity index (χ1v) is 34.7. The number of hydrogen-bond acceptors (Lipinski definition) is 6. The van der Waals surface area contributed by atoms with E-state index < -0.39 is 0 Å². The van der Waals surface area contributed by atoms with Crippen molar-refractivity contribution in [2.75, 3.05) is 26.4 Å². The molecular weight excluding hydrogens is 937 g/mol. The first-order valence-electron chi connectivity index (χ1n) is 34.7. The van der Waals surface area contributed by atoms with Gasteiger partial charge in [-0.2, -0.15) is 0 Å². The summed E-state index contributed by atoms with van der Waals surface area (Å²) in [5.41, 5.74) is 0.377. The molecule has 10 aliphatic rings. The molecule has 4 spiro atoms. The normalized spacial score (nSPS) is 41.9. The molecule has 0 amide bonds. The molecule has 0 aromatic carbocycles. The minimum atomic E-state index is 0.0934. The molecule has 6 heteroatoms. The number of hydrogen-bond donors (Lipinski definition) is 0. The zero-order chi connectivity index (χ0) is 52.9. The van der Waals surface area contributed by atoms with E-state index in [4.69, 9.17) is 18.9 Å². The van der Waals surface area contributed by atoms with Gasteiger partial charge in [0.1, 0.15) is 11.6 Å². The second-order valence-corrected chi connectivity index (χ2v) is 29.2. The molecule has 10 fully saturated rings. The molecule has 76 heavy (non-hydrogen) atoms. The van der Waals surface area contributed by atoms with Gasteiger partial charge in [-0.1, -0.05) is 66.2 Å². The van der Waals surface area contributed by atoms with Gasteiger partial charge in [0.15, 0.2) is 0 Å². The molecule has 0 aliphatic heterocycles. The minimum Gasteiger partial charge on any atom is -0.378 e. The summed E-state index contributed by atoms with van der Waals surface area (Å²) in [5.74, 6) is 8.55. The predicted octanol–water partition coefficient (Wildman–Crippen LogP) is 18.9. The lowest BCUT2D eigenvalue weighted by molar-refractivity contribution is -0.171. The third-order valence-electron chi connectivity index (χ3n) is 24.7. The highest BCUT2D eigenvalue weighted by Gasteiger charge is 2.65. The Morgan fingerprint density at radius 3 is 0.671 bits per heavy atom. The number of unbranched alkanes of at least 4 members (excludes halogenated alkanes) is 6. The fourth-order valence-corrected chi connectivity index (χ4v) is 19.7. The van der Waals surface area contributed by atoms with Crippen molar-refractivity contribution in [3.63, 3.8) is 0 Å². The Labute approximate surface area is 468 Å². The van der Waals surface area contributed by atoms with Crippen LogP contribution in [-0.2, 0) is 28.5 Å². The van der Waals surface area contributed by atoms with Gasteiger partial charge in [0, 0.05) is 48.1 Å². The van der Waals surface area contributed by atoms with Gasteiger partial charge in [-0.3, -0.25) is 9.59 Å². The summed E-state index contributed by atoms with van der Waals surface area (Å²) in [4.78, 5) is 27.6. The van der Waals surface area contributed by atoms with Crippen molar-refractivity contribution in [3.8, 4) is 0 Å². The topological polar surface area (TPSA) is 71.1 Å². The average Bonchev–Trinajstić information content (AvgIpc) is 3.48. The molecule has 0 N–H and O–H groups in total. The van der Waals surface area contributed by atoms with Gasteiger partial charge in [0.2, 0.25) is 0 Å². The van der Waals surface area contributed by atoms with Gasteiger partial charge >= 0.3 is 0 Å². The van der Waals surface area contributed by atoms with Crippen molar-refractivity contribution >= 4 is 11.6 Å². The van der Waals surface area contributed by atoms with Gasteiger partial charge in [0.25, 0.3) is 0 Å². The van der Waals surface area contributed by atoms with Gasteiger partial charge in [-0.15, -0.1) is 0 Å². The molecule has 0 aromatic rings. The first-order chi connectivity index (χ1) is 37.1. The summed E-state index contributed by atoms with van der Waals surface area (Å²) in [7, 11) is 0. The van der Waals surface area contributed by atoms with Crippen LogP contribution < -0.4 is 0 Å². The van der Waals surface area contributed by atoms with E-state index in [9.17, 15) is 9.59 Å². The monoisotopic (exact) mass is 1060 g/mol. The van der Waals surface area contributed by atoms with E-state index in [1.54, 1.807) is 0 Å².